The molecule has 6 heteroatoms. The van der Waals surface area contributed by atoms with Crippen molar-refractivity contribution in [1.29, 1.82) is 0 Å². The highest BCUT2D eigenvalue weighted by atomic mass is 16.5. The number of carbonyl (C=O) groups excluding carboxylic acids is 1. The van der Waals surface area contributed by atoms with Gasteiger partial charge in [0.1, 0.15) is 0 Å². The van der Waals surface area contributed by atoms with Crippen LogP contribution < -0.4 is 0 Å². The summed E-state index contributed by atoms with van der Waals surface area (Å²) in [7, 11) is 0. The Morgan fingerprint density at radius 2 is 2.00 bits per heavy atom. The van der Waals surface area contributed by atoms with E-state index in [0.717, 1.165) is 12.1 Å². The van der Waals surface area contributed by atoms with Crippen molar-refractivity contribution in [2.24, 2.45) is 5.92 Å². The number of aromatic nitrogens is 3. The van der Waals surface area contributed by atoms with Crippen LogP contribution in [0, 0.1) is 5.92 Å². The van der Waals surface area contributed by atoms with Crippen molar-refractivity contribution in [2.45, 2.75) is 60.1 Å². The second kappa shape index (κ2) is 7.54. The molecule has 0 N–H and O–H groups in total. The molecule has 0 aromatic carbocycles. The van der Waals surface area contributed by atoms with Gasteiger partial charge in [-0.2, -0.15) is 0 Å². The minimum atomic E-state index is -0.406. The third-order valence-corrected chi connectivity index (χ3v) is 2.75. The lowest BCUT2D eigenvalue weighted by molar-refractivity contribution is -0.00837. The molecule has 0 saturated heterocycles. The van der Waals surface area contributed by atoms with Crippen LogP contribution in [0.4, 0.5) is 0 Å². The van der Waals surface area contributed by atoms with Crippen molar-refractivity contribution in [1.82, 2.24) is 15.0 Å². The molecule has 120 valence electrons. The van der Waals surface area contributed by atoms with Crippen LogP contribution >= 0.6 is 0 Å². The maximum atomic E-state index is 11.9. The number of carbonyl (C=O) groups is 1. The highest BCUT2D eigenvalue weighted by Crippen LogP contribution is 2.14. The number of nitrogens with zero attached hydrogens (tertiary/aromatic N) is 3. The van der Waals surface area contributed by atoms with E-state index < -0.39 is 5.97 Å². The van der Waals surface area contributed by atoms with Crippen molar-refractivity contribution < 1.29 is 14.3 Å². The quantitative estimate of drug-likeness (QED) is 0.723. The molecular weight excluding hydrogens is 270 g/mol. The molecule has 0 radical (unpaired) electrons. The Balaban J connectivity index is 2.85. The molecule has 0 saturated carbocycles. The Kier molecular flexibility index (Phi) is 6.33. The fraction of sp³-hybridized carbons (Fsp3) is 0.800. The van der Waals surface area contributed by atoms with Gasteiger partial charge in [-0.3, -0.25) is 0 Å². The minimum absolute atomic E-state index is 0.192. The van der Waals surface area contributed by atoms with Gasteiger partial charge in [0.15, 0.2) is 5.69 Å². The Morgan fingerprint density at radius 3 is 2.52 bits per heavy atom. The number of esters is 1. The molecule has 0 bridgehead atoms. The van der Waals surface area contributed by atoms with Gasteiger partial charge in [0.2, 0.25) is 0 Å². The topological polar surface area (TPSA) is 66.2 Å². The van der Waals surface area contributed by atoms with Crippen LogP contribution in [0.15, 0.2) is 0 Å². The van der Waals surface area contributed by atoms with Crippen molar-refractivity contribution in [2.75, 3.05) is 13.2 Å². The zero-order valence-electron chi connectivity index (χ0n) is 14.0. The highest BCUT2D eigenvalue weighted by Gasteiger charge is 2.21. The molecule has 0 amide bonds. The molecule has 0 unspecified atom stereocenters. The first-order valence-corrected chi connectivity index (χ1v) is 7.48. The number of ether oxygens (including phenoxy) is 2. The minimum Gasteiger partial charge on any atom is -0.461 e. The van der Waals surface area contributed by atoms with Crippen LogP contribution in [0.2, 0.25) is 0 Å². The first-order valence-electron chi connectivity index (χ1n) is 7.48. The maximum absolute atomic E-state index is 11.9. The van der Waals surface area contributed by atoms with Crippen molar-refractivity contribution in [3.05, 3.63) is 11.4 Å². The Bertz CT molecular complexity index is 461. The molecular formula is C15H27N3O3. The Morgan fingerprint density at radius 1 is 1.33 bits per heavy atom. The van der Waals surface area contributed by atoms with E-state index in [9.17, 15) is 4.79 Å². The predicted octanol–water partition coefficient (Wildman–Crippen LogP) is 2.47. The number of hydrogen-bond acceptors (Lipinski definition) is 5. The normalized spacial score (nSPS) is 12.0. The van der Waals surface area contributed by atoms with Crippen LogP contribution in [0.5, 0.6) is 0 Å². The average Bonchev–Trinajstić information content (AvgIpc) is 2.70. The molecule has 1 aromatic rings. The van der Waals surface area contributed by atoms with E-state index in [4.69, 9.17) is 9.47 Å². The monoisotopic (exact) mass is 297 g/mol. The van der Waals surface area contributed by atoms with E-state index in [1.165, 1.54) is 0 Å². The van der Waals surface area contributed by atoms with Crippen LogP contribution in [0.3, 0.4) is 0 Å². The largest absolute Gasteiger partial charge is 0.461 e. The average molecular weight is 297 g/mol. The number of rotatable bonds is 7. The van der Waals surface area contributed by atoms with Gasteiger partial charge in [-0.1, -0.05) is 19.1 Å². The first kappa shape index (κ1) is 17.6. The summed E-state index contributed by atoms with van der Waals surface area (Å²) in [5, 5.41) is 8.06. The van der Waals surface area contributed by atoms with Crippen molar-refractivity contribution in [3.8, 4) is 0 Å². The standard InChI is InChI=1S/C15H27N3O3/c1-7-20-14(19)13-12(10-11(2)3)18(17-16-13)8-9-21-15(4,5)6/h11H,7-10H2,1-6H3. The molecule has 1 heterocycles. The van der Waals surface area contributed by atoms with Gasteiger partial charge in [-0.05, 0) is 40.0 Å². The van der Waals surface area contributed by atoms with E-state index in [2.05, 4.69) is 24.2 Å². The molecule has 21 heavy (non-hydrogen) atoms. The van der Waals surface area contributed by atoms with Crippen LogP contribution in [0.25, 0.3) is 0 Å². The molecule has 1 aromatic heterocycles. The van der Waals surface area contributed by atoms with Crippen molar-refractivity contribution in [3.63, 3.8) is 0 Å². The van der Waals surface area contributed by atoms with Crippen LogP contribution in [0.1, 0.15) is 57.7 Å². The summed E-state index contributed by atoms with van der Waals surface area (Å²) in [5.74, 6) is -0.00454. The fourth-order valence-electron chi connectivity index (χ4n) is 1.90. The van der Waals surface area contributed by atoms with Gasteiger partial charge in [0, 0.05) is 0 Å². The lowest BCUT2D eigenvalue weighted by atomic mass is 10.1. The summed E-state index contributed by atoms with van der Waals surface area (Å²) in [6, 6.07) is 0. The lowest BCUT2D eigenvalue weighted by Gasteiger charge is -2.19. The summed E-state index contributed by atoms with van der Waals surface area (Å²) in [6.45, 7) is 13.4. The lowest BCUT2D eigenvalue weighted by Crippen LogP contribution is -2.23. The Labute approximate surface area is 126 Å². The highest BCUT2D eigenvalue weighted by molar-refractivity contribution is 5.88. The summed E-state index contributed by atoms with van der Waals surface area (Å²) in [5.41, 5.74) is 0.949. The van der Waals surface area contributed by atoms with Gasteiger partial charge in [-0.15, -0.1) is 5.10 Å². The molecule has 6 nitrogen and oxygen atoms in total. The predicted molar refractivity (Wildman–Crippen MR) is 80.2 cm³/mol. The Hall–Kier alpha value is -1.43. The van der Waals surface area contributed by atoms with Crippen LogP contribution in [-0.2, 0) is 22.4 Å². The third-order valence-electron chi connectivity index (χ3n) is 2.75. The summed E-state index contributed by atoms with van der Waals surface area (Å²) in [6.07, 6.45) is 0.733. The zero-order valence-corrected chi connectivity index (χ0v) is 14.0. The molecule has 0 aliphatic carbocycles. The van der Waals surface area contributed by atoms with Gasteiger partial charge in [0.25, 0.3) is 0 Å². The third kappa shape index (κ3) is 5.83. The van der Waals surface area contributed by atoms with E-state index in [0.29, 0.717) is 31.4 Å². The van der Waals surface area contributed by atoms with Gasteiger partial charge < -0.3 is 9.47 Å². The molecule has 0 aliphatic rings. The van der Waals surface area contributed by atoms with Crippen LogP contribution in [-0.4, -0.2) is 39.8 Å². The molecule has 0 fully saturated rings. The van der Waals surface area contributed by atoms with E-state index in [1.54, 1.807) is 11.6 Å². The molecule has 0 spiro atoms. The summed E-state index contributed by atoms with van der Waals surface area (Å²) >= 11 is 0. The molecule has 0 atom stereocenters. The second-order valence-electron chi connectivity index (χ2n) is 6.39. The zero-order chi connectivity index (χ0) is 16.0. The molecule has 0 aliphatic heterocycles. The van der Waals surface area contributed by atoms with Crippen molar-refractivity contribution >= 4 is 5.97 Å². The fourth-order valence-corrected chi connectivity index (χ4v) is 1.90. The van der Waals surface area contributed by atoms with E-state index >= 15 is 0 Å². The summed E-state index contributed by atoms with van der Waals surface area (Å²) in [4.78, 5) is 11.9. The van der Waals surface area contributed by atoms with E-state index in [1.807, 2.05) is 20.8 Å². The SMILES string of the molecule is CCOC(=O)c1nnn(CCOC(C)(C)C)c1CC(C)C. The van der Waals surface area contributed by atoms with Gasteiger partial charge in [0.05, 0.1) is 31.1 Å². The van der Waals surface area contributed by atoms with Gasteiger partial charge >= 0.3 is 5.97 Å². The summed E-state index contributed by atoms with van der Waals surface area (Å²) < 4.78 is 12.5. The molecule has 1 rings (SSSR count). The first-order chi connectivity index (χ1) is 9.74. The number of hydrogen-bond donors (Lipinski definition) is 0. The maximum Gasteiger partial charge on any atom is 0.360 e. The smallest absolute Gasteiger partial charge is 0.360 e. The van der Waals surface area contributed by atoms with Gasteiger partial charge in [-0.25, -0.2) is 9.48 Å². The second-order valence-corrected chi connectivity index (χ2v) is 6.39. The van der Waals surface area contributed by atoms with E-state index in [-0.39, 0.29) is 5.60 Å².